The molecule has 0 radical (unpaired) electrons. The van der Waals surface area contributed by atoms with Crippen LogP contribution in [0.25, 0.3) is 0 Å². The van der Waals surface area contributed by atoms with Crippen molar-refractivity contribution in [3.05, 3.63) is 0 Å². The van der Waals surface area contributed by atoms with Gasteiger partial charge in [-0.3, -0.25) is 4.79 Å². The van der Waals surface area contributed by atoms with Gasteiger partial charge in [-0.2, -0.15) is 0 Å². The second kappa shape index (κ2) is 3.46. The molecular formula is C9H14O4. The van der Waals surface area contributed by atoms with Crippen LogP contribution in [0.3, 0.4) is 0 Å². The fraction of sp³-hybridized carbons (Fsp3) is 0.778. The fourth-order valence-electron chi connectivity index (χ4n) is 1.38. The van der Waals surface area contributed by atoms with Gasteiger partial charge in [0, 0.05) is 6.42 Å². The number of ketones is 1. The molecule has 0 aliphatic heterocycles. The van der Waals surface area contributed by atoms with Crippen molar-refractivity contribution < 1.29 is 19.4 Å². The zero-order chi connectivity index (χ0) is 10.1. The average molecular weight is 188 g/mol. The Balaban J connectivity index is 2.69. The van der Waals surface area contributed by atoms with Crippen LogP contribution in [0.2, 0.25) is 0 Å². The second-order valence-electron chi connectivity index (χ2n) is 3.59. The SMILES string of the molecule is CC(C)OC(=O)C1([18OH])CCCC1=O. The molecule has 1 aliphatic carbocycles. The molecule has 74 valence electrons. The van der Waals surface area contributed by atoms with Gasteiger partial charge >= 0.3 is 5.97 Å². The van der Waals surface area contributed by atoms with Gasteiger partial charge in [0.05, 0.1) is 6.10 Å². The number of hydrogen-bond acceptors (Lipinski definition) is 4. The third-order valence-corrected chi connectivity index (χ3v) is 2.08. The van der Waals surface area contributed by atoms with Gasteiger partial charge in [0.15, 0.2) is 5.78 Å². The van der Waals surface area contributed by atoms with Crippen LogP contribution in [0, 0.1) is 0 Å². The van der Waals surface area contributed by atoms with Crippen LogP contribution in [0.15, 0.2) is 0 Å². The van der Waals surface area contributed by atoms with Gasteiger partial charge in [-0.1, -0.05) is 0 Å². The van der Waals surface area contributed by atoms with Crippen molar-refractivity contribution in [2.45, 2.75) is 44.8 Å². The van der Waals surface area contributed by atoms with Crippen LogP contribution in [0.5, 0.6) is 0 Å². The lowest BCUT2D eigenvalue weighted by Crippen LogP contribution is -2.44. The molecule has 0 saturated heterocycles. The Kier molecular flexibility index (Phi) is 2.71. The molecule has 0 heterocycles. The normalized spacial score (nSPS) is 28.2. The van der Waals surface area contributed by atoms with Crippen LogP contribution in [-0.2, 0) is 14.3 Å². The summed E-state index contributed by atoms with van der Waals surface area (Å²) in [5, 5.41) is 9.65. The number of Topliss-reactive ketones (excluding diaryl/α,β-unsaturated/α-hetero) is 1. The van der Waals surface area contributed by atoms with Crippen LogP contribution in [-0.4, -0.2) is 28.6 Å². The topological polar surface area (TPSA) is 63.6 Å². The van der Waals surface area contributed by atoms with Crippen molar-refractivity contribution in [2.24, 2.45) is 0 Å². The van der Waals surface area contributed by atoms with Gasteiger partial charge in [0.2, 0.25) is 5.60 Å². The third kappa shape index (κ3) is 1.88. The minimum absolute atomic E-state index is 0.192. The van der Waals surface area contributed by atoms with Gasteiger partial charge in [-0.25, -0.2) is 4.79 Å². The van der Waals surface area contributed by atoms with Crippen LogP contribution in [0.4, 0.5) is 0 Å². The highest BCUT2D eigenvalue weighted by molar-refractivity contribution is 6.08. The first-order valence-electron chi connectivity index (χ1n) is 4.43. The number of esters is 1. The van der Waals surface area contributed by atoms with E-state index in [0.717, 1.165) is 0 Å². The molecule has 0 aromatic carbocycles. The number of hydrogen-bond donors (Lipinski definition) is 1. The molecule has 0 bridgehead atoms. The Morgan fingerprint density at radius 1 is 1.62 bits per heavy atom. The van der Waals surface area contributed by atoms with Crippen molar-refractivity contribution in [1.29, 1.82) is 0 Å². The minimum atomic E-state index is -1.86. The Bertz CT molecular complexity index is 234. The van der Waals surface area contributed by atoms with Crippen molar-refractivity contribution in [3.63, 3.8) is 0 Å². The predicted molar refractivity (Wildman–Crippen MR) is 45.0 cm³/mol. The molecule has 1 atom stereocenters. The third-order valence-electron chi connectivity index (χ3n) is 2.08. The molecular weight excluding hydrogens is 174 g/mol. The number of carbonyl (C=O) groups excluding carboxylic acids is 2. The number of carbonyl (C=O) groups is 2. The highest BCUT2D eigenvalue weighted by Gasteiger charge is 2.48. The summed E-state index contributed by atoms with van der Waals surface area (Å²) in [4.78, 5) is 22.5. The highest BCUT2D eigenvalue weighted by Crippen LogP contribution is 2.27. The van der Waals surface area contributed by atoms with Crippen molar-refractivity contribution in [2.75, 3.05) is 0 Å². The molecule has 1 unspecified atom stereocenters. The molecule has 1 fully saturated rings. The van der Waals surface area contributed by atoms with Crippen LogP contribution in [0.1, 0.15) is 33.1 Å². The van der Waals surface area contributed by atoms with Gasteiger partial charge in [-0.05, 0) is 26.7 Å². The summed E-state index contributed by atoms with van der Waals surface area (Å²) in [6.45, 7) is 3.36. The molecule has 0 aromatic heterocycles. The van der Waals surface area contributed by atoms with E-state index in [1.54, 1.807) is 13.8 Å². The average Bonchev–Trinajstić information content (AvgIpc) is 2.32. The number of rotatable bonds is 2. The molecule has 1 saturated carbocycles. The molecule has 0 aromatic rings. The van der Waals surface area contributed by atoms with Crippen LogP contribution < -0.4 is 0 Å². The van der Waals surface area contributed by atoms with Crippen molar-refractivity contribution in [3.8, 4) is 0 Å². The molecule has 1 rings (SSSR count). The molecule has 1 N–H and O–H groups in total. The van der Waals surface area contributed by atoms with E-state index in [2.05, 4.69) is 0 Å². The Morgan fingerprint density at radius 2 is 2.23 bits per heavy atom. The largest absolute Gasteiger partial charge is 0.460 e. The summed E-state index contributed by atoms with van der Waals surface area (Å²) in [6.07, 6.45) is 0.716. The highest BCUT2D eigenvalue weighted by atomic mass is 18.2. The van der Waals surface area contributed by atoms with Gasteiger partial charge in [-0.15, -0.1) is 0 Å². The summed E-state index contributed by atoms with van der Waals surface area (Å²) >= 11 is 0. The van der Waals surface area contributed by atoms with Gasteiger partial charge in [0.1, 0.15) is 0 Å². The molecule has 1 aliphatic rings. The lowest BCUT2D eigenvalue weighted by molar-refractivity contribution is -0.171. The van der Waals surface area contributed by atoms with Crippen molar-refractivity contribution >= 4 is 11.8 Å². The minimum Gasteiger partial charge on any atom is -0.460 e. The van der Waals surface area contributed by atoms with Gasteiger partial charge in [0.25, 0.3) is 0 Å². The molecule has 13 heavy (non-hydrogen) atoms. The predicted octanol–water partition coefficient (Wildman–Crippen LogP) is 0.422. The zero-order valence-corrected chi connectivity index (χ0v) is 7.87. The molecule has 0 spiro atoms. The number of ether oxygens (including phenoxy) is 1. The van der Waals surface area contributed by atoms with E-state index in [-0.39, 0.29) is 18.9 Å². The molecule has 0 amide bonds. The maximum absolute atomic E-state index is 11.3. The second-order valence-corrected chi connectivity index (χ2v) is 3.59. The molecule has 4 heteroatoms. The fourth-order valence-corrected chi connectivity index (χ4v) is 1.38. The zero-order valence-electron chi connectivity index (χ0n) is 7.87. The lowest BCUT2D eigenvalue weighted by Gasteiger charge is -2.19. The lowest BCUT2D eigenvalue weighted by atomic mass is 10.0. The van der Waals surface area contributed by atoms with Crippen LogP contribution >= 0.6 is 0 Å². The quantitative estimate of drug-likeness (QED) is 0.387. The van der Waals surface area contributed by atoms with Gasteiger partial charge < -0.3 is 9.84 Å². The first kappa shape index (κ1) is 10.2. The van der Waals surface area contributed by atoms with E-state index < -0.39 is 17.4 Å². The first-order chi connectivity index (χ1) is 5.97. The monoisotopic (exact) mass is 188 g/mol. The Morgan fingerprint density at radius 3 is 2.62 bits per heavy atom. The number of aliphatic hydroxyl groups is 1. The standard InChI is InChI=1S/C9H14O4/c1-6(2)13-8(11)9(12)5-3-4-7(9)10/h6,12H,3-5H2,1-2H3/i12+2. The summed E-state index contributed by atoms with van der Waals surface area (Å²) in [6, 6.07) is 0. The maximum Gasteiger partial charge on any atom is 0.346 e. The summed E-state index contributed by atoms with van der Waals surface area (Å²) in [5.74, 6) is -1.22. The van der Waals surface area contributed by atoms with E-state index in [0.29, 0.717) is 6.42 Å². The van der Waals surface area contributed by atoms with E-state index in [1.165, 1.54) is 0 Å². The van der Waals surface area contributed by atoms with E-state index in [1.807, 2.05) is 0 Å². The van der Waals surface area contributed by atoms with E-state index >= 15 is 0 Å². The first-order valence-corrected chi connectivity index (χ1v) is 4.43. The summed E-state index contributed by atoms with van der Waals surface area (Å²) < 4.78 is 4.80. The summed E-state index contributed by atoms with van der Waals surface area (Å²) in [7, 11) is 0. The van der Waals surface area contributed by atoms with E-state index in [9.17, 15) is 14.7 Å². The van der Waals surface area contributed by atoms with Crippen molar-refractivity contribution in [1.82, 2.24) is 0 Å². The Hall–Kier alpha value is -0.900. The molecule has 4 nitrogen and oxygen atoms in total. The summed E-state index contributed by atoms with van der Waals surface area (Å²) in [5.41, 5.74) is -1.86. The smallest absolute Gasteiger partial charge is 0.346 e. The van der Waals surface area contributed by atoms with E-state index in [4.69, 9.17) is 4.74 Å². The Labute approximate surface area is 76.9 Å². The maximum atomic E-state index is 11.3.